The van der Waals surface area contributed by atoms with Gasteiger partial charge in [-0.25, -0.2) is 0 Å². The molecule has 2 rings (SSSR count). The van der Waals surface area contributed by atoms with E-state index < -0.39 is 71.6 Å². The highest BCUT2D eigenvalue weighted by Gasteiger charge is 2.50. The fourth-order valence-corrected chi connectivity index (χ4v) is 6.69. The minimum atomic E-state index is -1.61. The summed E-state index contributed by atoms with van der Waals surface area (Å²) in [6, 6.07) is -0.217. The molecule has 44 heavy (non-hydrogen) atoms. The topological polar surface area (TPSA) is 141 Å². The molecule has 254 valence electrons. The molecule has 0 aromatic carbocycles. The predicted octanol–water partition coefficient (Wildman–Crippen LogP) is 3.42. The SMILES string of the molecule is CCC1=C[C@](C)(O)[C@@H](CC)OC(=O)[C@H](C)[C@@H](O)[C@H](C)[C@@H](OC2O[C@H](C)C[C@H](N(C)C)[C@H]2OC(C)=O)[C@@](C)(OC)C[C@@H](C)C1=O. The van der Waals surface area contributed by atoms with Crippen LogP contribution in [0.4, 0.5) is 0 Å². The highest BCUT2D eigenvalue weighted by atomic mass is 16.7. The number of likely N-dealkylation sites (N-methyl/N-ethyl adjacent to an activating group) is 1. The number of ketones is 1. The zero-order valence-corrected chi connectivity index (χ0v) is 28.8. The number of hydrogen-bond donors (Lipinski definition) is 2. The van der Waals surface area contributed by atoms with Gasteiger partial charge in [0.1, 0.15) is 11.7 Å². The third-order valence-electron chi connectivity index (χ3n) is 9.41. The summed E-state index contributed by atoms with van der Waals surface area (Å²) in [4.78, 5) is 41.4. The fraction of sp³-hybridized carbons (Fsp3) is 0.848. The lowest BCUT2D eigenvalue weighted by Crippen LogP contribution is -2.60. The number of cyclic esters (lactones) is 1. The Bertz CT molecular complexity index is 1030. The van der Waals surface area contributed by atoms with Gasteiger partial charge in [0.25, 0.3) is 0 Å². The minimum Gasteiger partial charge on any atom is -0.459 e. The van der Waals surface area contributed by atoms with Gasteiger partial charge in [0, 0.05) is 25.9 Å². The van der Waals surface area contributed by atoms with Crippen LogP contribution in [-0.4, -0.2) is 108 Å². The summed E-state index contributed by atoms with van der Waals surface area (Å²) >= 11 is 0. The van der Waals surface area contributed by atoms with E-state index in [1.165, 1.54) is 27.0 Å². The number of aliphatic hydroxyl groups is 2. The summed E-state index contributed by atoms with van der Waals surface area (Å²) in [5, 5.41) is 23.0. The lowest BCUT2D eigenvalue weighted by Gasteiger charge is -2.48. The Morgan fingerprint density at radius 1 is 1.14 bits per heavy atom. The van der Waals surface area contributed by atoms with Gasteiger partial charge in [-0.2, -0.15) is 0 Å². The molecule has 0 aliphatic carbocycles. The van der Waals surface area contributed by atoms with Crippen LogP contribution in [0.3, 0.4) is 0 Å². The van der Waals surface area contributed by atoms with Crippen LogP contribution in [0.5, 0.6) is 0 Å². The number of rotatable bonds is 7. The maximum absolute atomic E-state index is 13.8. The molecule has 0 amide bonds. The first-order valence-corrected chi connectivity index (χ1v) is 15.9. The molecule has 2 N–H and O–H groups in total. The lowest BCUT2D eigenvalue weighted by atomic mass is 9.76. The summed E-state index contributed by atoms with van der Waals surface area (Å²) in [6.45, 7) is 15.3. The number of esters is 2. The van der Waals surface area contributed by atoms with E-state index in [2.05, 4.69) is 0 Å². The third kappa shape index (κ3) is 8.88. The Balaban J connectivity index is 2.70. The molecular formula is C33H57NO10. The third-order valence-corrected chi connectivity index (χ3v) is 9.41. The molecule has 1 fully saturated rings. The van der Waals surface area contributed by atoms with Gasteiger partial charge in [-0.3, -0.25) is 14.4 Å². The molecule has 0 bridgehead atoms. The molecule has 11 nitrogen and oxygen atoms in total. The number of carbonyl (C=O) groups is 3. The number of allylic oxidation sites excluding steroid dienone is 1. The summed E-state index contributed by atoms with van der Waals surface area (Å²) < 4.78 is 30.6. The van der Waals surface area contributed by atoms with Crippen LogP contribution in [0.15, 0.2) is 11.6 Å². The quantitative estimate of drug-likeness (QED) is 0.401. The molecule has 0 spiro atoms. The standard InChI is InChI=1S/C33H57NO10/c1-13-23-17-32(8,39)25(14-2)43-30(38)21(6)27(37)20(5)29(33(9,40-12)16-18(3)26(23)36)44-31-28(42-22(7)35)24(34(10)11)15-19(4)41-31/h17-21,24-25,27-29,31,37,39H,13-16H2,1-12H3/t18-,19-,20+,21-,24+,25-,27+,28-,29-,31?,32+,33+/m1/s1. The molecule has 11 heteroatoms. The first-order valence-electron chi connectivity index (χ1n) is 15.9. The van der Waals surface area contributed by atoms with E-state index >= 15 is 0 Å². The molecule has 0 saturated carbocycles. The van der Waals surface area contributed by atoms with Crippen molar-refractivity contribution in [3.8, 4) is 0 Å². The molecule has 1 saturated heterocycles. The zero-order chi connectivity index (χ0) is 33.7. The Labute approximate surface area is 263 Å². The highest BCUT2D eigenvalue weighted by molar-refractivity contribution is 5.97. The number of Topliss-reactive ketones (excluding diaryl/α,β-unsaturated/α-hetero) is 1. The normalized spacial score (nSPS) is 41.5. The van der Waals surface area contributed by atoms with Crippen molar-refractivity contribution in [2.24, 2.45) is 17.8 Å². The van der Waals surface area contributed by atoms with Crippen molar-refractivity contribution in [1.29, 1.82) is 0 Å². The number of nitrogens with zero attached hydrogens (tertiary/aromatic N) is 1. The van der Waals surface area contributed by atoms with E-state index in [0.29, 0.717) is 24.8 Å². The van der Waals surface area contributed by atoms with Gasteiger partial charge in [0.05, 0.1) is 35.9 Å². The monoisotopic (exact) mass is 627 g/mol. The van der Waals surface area contributed by atoms with E-state index in [-0.39, 0.29) is 24.3 Å². The van der Waals surface area contributed by atoms with Crippen LogP contribution < -0.4 is 0 Å². The lowest BCUT2D eigenvalue weighted by molar-refractivity contribution is -0.303. The molecule has 2 aliphatic rings. The van der Waals surface area contributed by atoms with Gasteiger partial charge in [-0.05, 0) is 79.1 Å². The van der Waals surface area contributed by atoms with Crippen molar-refractivity contribution < 1.29 is 48.3 Å². The number of methoxy groups -OCH3 is 1. The fourth-order valence-electron chi connectivity index (χ4n) is 6.69. The van der Waals surface area contributed by atoms with E-state index in [4.69, 9.17) is 23.7 Å². The maximum Gasteiger partial charge on any atom is 0.311 e. The van der Waals surface area contributed by atoms with Crippen LogP contribution >= 0.6 is 0 Å². The van der Waals surface area contributed by atoms with Crippen molar-refractivity contribution in [3.05, 3.63) is 11.6 Å². The first kappa shape index (κ1) is 38.3. The number of hydrogen-bond acceptors (Lipinski definition) is 11. The van der Waals surface area contributed by atoms with Crippen molar-refractivity contribution in [2.75, 3.05) is 21.2 Å². The van der Waals surface area contributed by atoms with Crippen molar-refractivity contribution in [2.45, 2.75) is 142 Å². The second kappa shape index (κ2) is 15.6. The minimum absolute atomic E-state index is 0.178. The first-order chi connectivity index (χ1) is 20.3. The van der Waals surface area contributed by atoms with Gasteiger partial charge in [0.15, 0.2) is 18.2 Å². The van der Waals surface area contributed by atoms with E-state index in [9.17, 15) is 24.6 Å². The molecule has 2 heterocycles. The molecule has 1 unspecified atom stereocenters. The van der Waals surface area contributed by atoms with Crippen LogP contribution in [-0.2, 0) is 38.1 Å². The maximum atomic E-state index is 13.8. The smallest absolute Gasteiger partial charge is 0.311 e. The number of aliphatic hydroxyl groups excluding tert-OH is 1. The van der Waals surface area contributed by atoms with Crippen molar-refractivity contribution in [3.63, 3.8) is 0 Å². The summed E-state index contributed by atoms with van der Waals surface area (Å²) in [7, 11) is 5.30. The zero-order valence-electron chi connectivity index (χ0n) is 28.8. The van der Waals surface area contributed by atoms with Crippen LogP contribution in [0.25, 0.3) is 0 Å². The van der Waals surface area contributed by atoms with Gasteiger partial charge < -0.3 is 38.8 Å². The Kier molecular flexibility index (Phi) is 13.6. The summed E-state index contributed by atoms with van der Waals surface area (Å²) in [5.74, 6) is -3.66. The summed E-state index contributed by atoms with van der Waals surface area (Å²) in [5.41, 5.74) is -2.36. The van der Waals surface area contributed by atoms with Crippen molar-refractivity contribution in [1.82, 2.24) is 4.90 Å². The largest absolute Gasteiger partial charge is 0.459 e. The van der Waals surface area contributed by atoms with Gasteiger partial charge >= 0.3 is 11.9 Å². The average Bonchev–Trinajstić information content (AvgIpc) is 2.95. The van der Waals surface area contributed by atoms with Gasteiger partial charge in [0.2, 0.25) is 0 Å². The Morgan fingerprint density at radius 2 is 1.75 bits per heavy atom. The molecule has 0 aromatic heterocycles. The second-order valence-electron chi connectivity index (χ2n) is 13.4. The average molecular weight is 628 g/mol. The van der Waals surface area contributed by atoms with E-state index in [0.717, 1.165) is 0 Å². The van der Waals surface area contributed by atoms with Crippen LogP contribution in [0, 0.1) is 17.8 Å². The molecule has 0 aromatic rings. The van der Waals surface area contributed by atoms with Gasteiger partial charge in [-0.15, -0.1) is 0 Å². The van der Waals surface area contributed by atoms with Crippen LogP contribution in [0.1, 0.15) is 88.0 Å². The second-order valence-corrected chi connectivity index (χ2v) is 13.4. The number of ether oxygens (including phenoxy) is 5. The molecule has 0 radical (unpaired) electrons. The molecular weight excluding hydrogens is 570 g/mol. The number of carbonyl (C=O) groups excluding carboxylic acids is 3. The van der Waals surface area contributed by atoms with Crippen LogP contribution in [0.2, 0.25) is 0 Å². The Hall–Kier alpha value is -1.89. The van der Waals surface area contributed by atoms with E-state index in [1.807, 2.05) is 32.8 Å². The Morgan fingerprint density at radius 3 is 2.25 bits per heavy atom. The predicted molar refractivity (Wildman–Crippen MR) is 165 cm³/mol. The van der Waals surface area contributed by atoms with Gasteiger partial charge in [-0.1, -0.05) is 27.7 Å². The van der Waals surface area contributed by atoms with E-state index in [1.54, 1.807) is 34.6 Å². The molecule has 12 atom stereocenters. The summed E-state index contributed by atoms with van der Waals surface area (Å²) in [6.07, 6.45) is -2.25. The highest BCUT2D eigenvalue weighted by Crippen LogP contribution is 2.39. The van der Waals surface area contributed by atoms with Crippen molar-refractivity contribution >= 4 is 17.7 Å². The molecule has 2 aliphatic heterocycles.